The fraction of sp³-hybridized carbons (Fsp3) is 0.292. The highest BCUT2D eigenvalue weighted by molar-refractivity contribution is 6.30. The van der Waals surface area contributed by atoms with Crippen molar-refractivity contribution in [1.29, 1.82) is 5.41 Å². The van der Waals surface area contributed by atoms with E-state index in [1.54, 1.807) is 7.11 Å². The first kappa shape index (κ1) is 21.9. The molecule has 2 unspecified atom stereocenters. The van der Waals surface area contributed by atoms with Gasteiger partial charge in [-0.15, -0.1) is 0 Å². The van der Waals surface area contributed by atoms with E-state index in [-0.39, 0.29) is 18.0 Å². The monoisotopic (exact) mass is 450 g/mol. The van der Waals surface area contributed by atoms with Crippen LogP contribution in [0.25, 0.3) is 23.1 Å². The van der Waals surface area contributed by atoms with Crippen LogP contribution in [0.1, 0.15) is 37.1 Å². The van der Waals surface area contributed by atoms with Crippen molar-refractivity contribution < 1.29 is 4.74 Å². The van der Waals surface area contributed by atoms with E-state index in [0.29, 0.717) is 10.8 Å². The van der Waals surface area contributed by atoms with Crippen LogP contribution in [0.3, 0.4) is 0 Å². The Labute approximate surface area is 192 Å². The zero-order chi connectivity index (χ0) is 22.5. The third-order valence-corrected chi connectivity index (χ3v) is 5.90. The summed E-state index contributed by atoms with van der Waals surface area (Å²) in [5.74, 6) is 2.08. The molecule has 0 bridgehead atoms. The smallest absolute Gasteiger partial charge is 0.185 e. The quantitative estimate of drug-likeness (QED) is 0.321. The van der Waals surface area contributed by atoms with E-state index < -0.39 is 0 Å². The Hall–Kier alpha value is -3.32. The summed E-state index contributed by atoms with van der Waals surface area (Å²) in [7, 11) is 1.65. The first-order chi connectivity index (χ1) is 15.5. The molecule has 4 rings (SSSR count). The van der Waals surface area contributed by atoms with E-state index >= 15 is 0 Å². The van der Waals surface area contributed by atoms with Crippen molar-refractivity contribution in [2.24, 2.45) is 5.73 Å². The number of nitrogens with one attached hydrogen (secondary N) is 3. The maximum absolute atomic E-state index is 7.65. The zero-order valence-corrected chi connectivity index (χ0v) is 18.7. The Balaban J connectivity index is 1.69. The second-order valence-electron chi connectivity index (χ2n) is 7.90. The van der Waals surface area contributed by atoms with Gasteiger partial charge in [-0.3, -0.25) is 5.41 Å². The minimum absolute atomic E-state index is 0.00972. The van der Waals surface area contributed by atoms with Gasteiger partial charge >= 0.3 is 0 Å². The predicted octanol–water partition coefficient (Wildman–Crippen LogP) is 4.67. The average molecular weight is 451 g/mol. The molecule has 5 N–H and O–H groups in total. The molecule has 2 aromatic carbocycles. The molecule has 0 aliphatic heterocycles. The summed E-state index contributed by atoms with van der Waals surface area (Å²) < 4.78 is 5.42. The lowest BCUT2D eigenvalue weighted by atomic mass is 9.90. The molecule has 7 nitrogen and oxygen atoms in total. The molecule has 8 heteroatoms. The SMILES string of the molecule is COc1ccc2nc(/C=C\c3ccc(Cl)cc3)nc(NC3CCCCC3NC(=N)N)c2c1. The number of nitrogens with zero attached hydrogens (tertiary/aromatic N) is 2. The number of halogens is 1. The van der Waals surface area contributed by atoms with Gasteiger partial charge in [0.15, 0.2) is 11.8 Å². The van der Waals surface area contributed by atoms with Gasteiger partial charge in [0.2, 0.25) is 0 Å². The molecule has 2 atom stereocenters. The molecule has 1 fully saturated rings. The van der Waals surface area contributed by atoms with Crippen LogP contribution in [-0.2, 0) is 0 Å². The maximum Gasteiger partial charge on any atom is 0.185 e. The first-order valence-corrected chi connectivity index (χ1v) is 11.1. The van der Waals surface area contributed by atoms with Crippen molar-refractivity contribution in [3.8, 4) is 5.75 Å². The van der Waals surface area contributed by atoms with Crippen molar-refractivity contribution in [2.45, 2.75) is 37.8 Å². The summed E-state index contributed by atoms with van der Waals surface area (Å²) in [5.41, 5.74) is 7.46. The molecule has 32 heavy (non-hydrogen) atoms. The molecule has 0 spiro atoms. The fourth-order valence-corrected chi connectivity index (χ4v) is 4.16. The summed E-state index contributed by atoms with van der Waals surface area (Å²) in [5, 5.41) is 15.9. The van der Waals surface area contributed by atoms with Gasteiger partial charge in [-0.1, -0.05) is 42.7 Å². The number of guanidine groups is 1. The third-order valence-electron chi connectivity index (χ3n) is 5.64. The van der Waals surface area contributed by atoms with Crippen LogP contribution in [0, 0.1) is 5.41 Å². The molecule has 166 valence electrons. The summed E-state index contributed by atoms with van der Waals surface area (Å²) >= 11 is 5.98. The van der Waals surface area contributed by atoms with Gasteiger partial charge in [0.25, 0.3) is 0 Å². The third kappa shape index (κ3) is 5.29. The van der Waals surface area contributed by atoms with Crippen molar-refractivity contribution in [3.05, 3.63) is 58.9 Å². The molecule has 3 aromatic rings. The number of aromatic nitrogens is 2. The van der Waals surface area contributed by atoms with Gasteiger partial charge in [0.1, 0.15) is 11.6 Å². The number of hydrogen-bond donors (Lipinski definition) is 4. The predicted molar refractivity (Wildman–Crippen MR) is 131 cm³/mol. The minimum atomic E-state index is -0.00972. The molecule has 1 saturated carbocycles. The summed E-state index contributed by atoms with van der Waals surface area (Å²) in [4.78, 5) is 9.53. The topological polar surface area (TPSA) is 109 Å². The summed E-state index contributed by atoms with van der Waals surface area (Å²) in [6.45, 7) is 0. The molecule has 1 aliphatic carbocycles. The standard InChI is InChI=1S/C24H27ClN6O/c1-32-17-11-12-19-18(14-17)23(29-20-4-2-3-5-21(20)30-24(26)27)31-22(28-19)13-8-15-6-9-16(25)10-7-15/h6-14,20-21H,2-5H2,1H3,(H4,26,27,30)(H,28,29,31)/b13-8-. The molecular weight excluding hydrogens is 424 g/mol. The lowest BCUT2D eigenvalue weighted by molar-refractivity contribution is 0.377. The Kier molecular flexibility index (Phi) is 6.75. The van der Waals surface area contributed by atoms with E-state index in [2.05, 4.69) is 10.6 Å². The lowest BCUT2D eigenvalue weighted by Crippen LogP contribution is -2.50. The molecule has 1 aromatic heterocycles. The second-order valence-corrected chi connectivity index (χ2v) is 8.33. The van der Waals surface area contributed by atoms with Gasteiger partial charge in [0, 0.05) is 22.5 Å². The van der Waals surface area contributed by atoms with Gasteiger partial charge in [0.05, 0.1) is 12.6 Å². The Morgan fingerprint density at radius 1 is 1.09 bits per heavy atom. The second kappa shape index (κ2) is 9.87. The zero-order valence-electron chi connectivity index (χ0n) is 17.9. The molecule has 0 radical (unpaired) electrons. The van der Waals surface area contributed by atoms with Crippen LogP contribution in [0.5, 0.6) is 5.75 Å². The highest BCUT2D eigenvalue weighted by atomic mass is 35.5. The fourth-order valence-electron chi connectivity index (χ4n) is 4.03. The van der Waals surface area contributed by atoms with Crippen LogP contribution in [0.15, 0.2) is 42.5 Å². The number of hydrogen-bond acceptors (Lipinski definition) is 5. The van der Waals surface area contributed by atoms with Crippen LogP contribution < -0.4 is 21.1 Å². The average Bonchev–Trinajstić information content (AvgIpc) is 2.79. The number of anilines is 1. The largest absolute Gasteiger partial charge is 0.497 e. The Morgan fingerprint density at radius 2 is 1.84 bits per heavy atom. The Morgan fingerprint density at radius 3 is 2.56 bits per heavy atom. The van der Waals surface area contributed by atoms with Crippen LogP contribution in [0.2, 0.25) is 5.02 Å². The number of methoxy groups -OCH3 is 1. The first-order valence-electron chi connectivity index (χ1n) is 10.7. The van der Waals surface area contributed by atoms with E-state index in [9.17, 15) is 0 Å². The number of nitrogens with two attached hydrogens (primary N) is 1. The van der Waals surface area contributed by atoms with Crippen molar-refractivity contribution in [3.63, 3.8) is 0 Å². The van der Waals surface area contributed by atoms with Crippen LogP contribution in [-0.4, -0.2) is 35.1 Å². The highest BCUT2D eigenvalue weighted by Gasteiger charge is 2.26. The van der Waals surface area contributed by atoms with Crippen LogP contribution >= 0.6 is 11.6 Å². The number of benzene rings is 2. The van der Waals surface area contributed by atoms with E-state index in [1.807, 2.05) is 54.6 Å². The normalized spacial score (nSPS) is 18.6. The minimum Gasteiger partial charge on any atom is -0.497 e. The Bertz CT molecular complexity index is 1130. The van der Waals surface area contributed by atoms with E-state index in [0.717, 1.165) is 53.7 Å². The number of fused-ring (bicyclic) bond motifs is 1. The van der Waals surface area contributed by atoms with Crippen LogP contribution in [0.4, 0.5) is 5.82 Å². The summed E-state index contributed by atoms with van der Waals surface area (Å²) in [6, 6.07) is 13.6. The maximum atomic E-state index is 7.65. The van der Waals surface area contributed by atoms with Gasteiger partial charge in [-0.05, 0) is 54.8 Å². The molecule has 1 heterocycles. The molecule has 0 amide bonds. The van der Waals surface area contributed by atoms with Gasteiger partial charge in [-0.2, -0.15) is 0 Å². The van der Waals surface area contributed by atoms with Crippen molar-refractivity contribution in [2.75, 3.05) is 12.4 Å². The molecular formula is C24H27ClN6O. The van der Waals surface area contributed by atoms with Crippen molar-refractivity contribution in [1.82, 2.24) is 15.3 Å². The highest BCUT2D eigenvalue weighted by Crippen LogP contribution is 2.29. The van der Waals surface area contributed by atoms with Gasteiger partial charge < -0.3 is 21.1 Å². The van der Waals surface area contributed by atoms with E-state index in [1.165, 1.54) is 0 Å². The lowest BCUT2D eigenvalue weighted by Gasteiger charge is -2.33. The number of ether oxygens (including phenoxy) is 1. The summed E-state index contributed by atoms with van der Waals surface area (Å²) in [6.07, 6.45) is 8.00. The van der Waals surface area contributed by atoms with E-state index in [4.69, 9.17) is 37.4 Å². The van der Waals surface area contributed by atoms with Crippen molar-refractivity contribution >= 4 is 46.4 Å². The van der Waals surface area contributed by atoms with Gasteiger partial charge in [-0.25, -0.2) is 9.97 Å². The molecule has 0 saturated heterocycles. The number of rotatable bonds is 6. The molecule has 1 aliphatic rings.